The van der Waals surface area contributed by atoms with E-state index in [1.807, 2.05) is 30.3 Å². The predicted molar refractivity (Wildman–Crippen MR) is 98.6 cm³/mol. The molecule has 26 heavy (non-hydrogen) atoms. The Balaban J connectivity index is 1.38. The number of anilines is 1. The normalized spacial score (nSPS) is 15.4. The van der Waals surface area contributed by atoms with Crippen molar-refractivity contribution in [3.05, 3.63) is 65.3 Å². The van der Waals surface area contributed by atoms with Gasteiger partial charge in [-0.1, -0.05) is 41.0 Å². The molecule has 2 heterocycles. The quantitative estimate of drug-likeness (QED) is 0.696. The van der Waals surface area contributed by atoms with E-state index in [2.05, 4.69) is 19.9 Å². The fourth-order valence-corrected chi connectivity index (χ4v) is 3.34. The molecule has 3 aromatic rings. The zero-order valence-electron chi connectivity index (χ0n) is 14.1. The van der Waals surface area contributed by atoms with E-state index < -0.39 is 0 Å². The van der Waals surface area contributed by atoms with Crippen LogP contribution in [-0.2, 0) is 6.54 Å². The highest BCUT2D eigenvalue weighted by molar-refractivity contribution is 6.33. The van der Waals surface area contributed by atoms with Crippen LogP contribution in [-0.4, -0.2) is 41.2 Å². The Hall–Kier alpha value is -2.44. The van der Waals surface area contributed by atoms with Crippen molar-refractivity contribution in [2.24, 2.45) is 0 Å². The van der Waals surface area contributed by atoms with E-state index in [1.54, 1.807) is 12.1 Å². The Morgan fingerprint density at radius 1 is 1.00 bits per heavy atom. The van der Waals surface area contributed by atoms with Gasteiger partial charge >= 0.3 is 0 Å². The second kappa shape index (κ2) is 7.43. The van der Waals surface area contributed by atoms with Gasteiger partial charge in [0.15, 0.2) is 0 Å². The van der Waals surface area contributed by atoms with Gasteiger partial charge < -0.3 is 9.42 Å². The van der Waals surface area contributed by atoms with Crippen molar-refractivity contribution in [1.29, 1.82) is 0 Å². The summed E-state index contributed by atoms with van der Waals surface area (Å²) in [5.74, 6) is 0.872. The standard InChI is InChI=1S/C19H18ClFN4O/c20-15-6-2-1-5-14(15)19-22-18(26-23-19)13-24-9-11-25(12-10-24)17-8-4-3-7-16(17)21/h1-8H,9-13H2. The first-order chi connectivity index (χ1) is 12.7. The molecule has 5 nitrogen and oxygen atoms in total. The molecular weight excluding hydrogens is 355 g/mol. The number of aromatic nitrogens is 2. The number of hydrogen-bond acceptors (Lipinski definition) is 5. The largest absolute Gasteiger partial charge is 0.367 e. The lowest BCUT2D eigenvalue weighted by Gasteiger charge is -2.35. The van der Waals surface area contributed by atoms with Crippen LogP contribution in [0.1, 0.15) is 5.89 Å². The number of para-hydroxylation sites is 1. The Kier molecular flexibility index (Phi) is 4.86. The molecule has 0 saturated carbocycles. The molecule has 134 valence electrons. The molecule has 0 amide bonds. The summed E-state index contributed by atoms with van der Waals surface area (Å²) in [5.41, 5.74) is 1.42. The van der Waals surface area contributed by atoms with Crippen molar-refractivity contribution in [1.82, 2.24) is 15.0 Å². The highest BCUT2D eigenvalue weighted by Crippen LogP contribution is 2.25. The minimum absolute atomic E-state index is 0.178. The third-order valence-corrected chi connectivity index (χ3v) is 4.84. The summed E-state index contributed by atoms with van der Waals surface area (Å²) in [4.78, 5) is 8.74. The second-order valence-electron chi connectivity index (χ2n) is 6.21. The van der Waals surface area contributed by atoms with Crippen LogP contribution >= 0.6 is 11.6 Å². The predicted octanol–water partition coefficient (Wildman–Crippen LogP) is 3.85. The van der Waals surface area contributed by atoms with Gasteiger partial charge in [-0.3, -0.25) is 4.90 Å². The first-order valence-corrected chi connectivity index (χ1v) is 8.88. The zero-order valence-corrected chi connectivity index (χ0v) is 14.9. The van der Waals surface area contributed by atoms with Gasteiger partial charge in [-0.25, -0.2) is 4.39 Å². The fourth-order valence-electron chi connectivity index (χ4n) is 3.12. The first kappa shape index (κ1) is 17.0. The van der Waals surface area contributed by atoms with E-state index in [0.717, 1.165) is 31.7 Å². The molecule has 0 N–H and O–H groups in total. The third kappa shape index (κ3) is 3.57. The number of rotatable bonds is 4. The van der Waals surface area contributed by atoms with Crippen LogP contribution in [0.2, 0.25) is 5.02 Å². The van der Waals surface area contributed by atoms with Gasteiger partial charge in [0.1, 0.15) is 5.82 Å². The molecule has 0 atom stereocenters. The summed E-state index contributed by atoms with van der Waals surface area (Å²) < 4.78 is 19.3. The Bertz CT molecular complexity index is 893. The Morgan fingerprint density at radius 3 is 2.50 bits per heavy atom. The molecule has 1 fully saturated rings. The molecule has 1 aliphatic rings. The first-order valence-electron chi connectivity index (χ1n) is 8.50. The van der Waals surface area contributed by atoms with Crippen LogP contribution in [0.15, 0.2) is 53.1 Å². The molecule has 1 aromatic heterocycles. The molecule has 0 bridgehead atoms. The number of hydrogen-bond donors (Lipinski definition) is 0. The van der Waals surface area contributed by atoms with Crippen LogP contribution in [0, 0.1) is 5.82 Å². The van der Waals surface area contributed by atoms with Crippen molar-refractivity contribution in [2.45, 2.75) is 6.54 Å². The summed E-state index contributed by atoms with van der Waals surface area (Å²) in [5, 5.41) is 4.63. The van der Waals surface area contributed by atoms with Gasteiger partial charge in [-0.05, 0) is 24.3 Å². The van der Waals surface area contributed by atoms with Crippen molar-refractivity contribution < 1.29 is 8.91 Å². The van der Waals surface area contributed by atoms with Crippen LogP contribution in [0.25, 0.3) is 11.4 Å². The van der Waals surface area contributed by atoms with E-state index in [9.17, 15) is 4.39 Å². The zero-order chi connectivity index (χ0) is 17.9. The Labute approximate surface area is 156 Å². The molecule has 7 heteroatoms. The topological polar surface area (TPSA) is 45.4 Å². The van der Waals surface area contributed by atoms with Gasteiger partial charge in [0.05, 0.1) is 17.3 Å². The van der Waals surface area contributed by atoms with E-state index in [1.165, 1.54) is 6.07 Å². The lowest BCUT2D eigenvalue weighted by Crippen LogP contribution is -2.46. The fraction of sp³-hybridized carbons (Fsp3) is 0.263. The lowest BCUT2D eigenvalue weighted by atomic mass is 10.2. The molecular formula is C19H18ClFN4O. The van der Waals surface area contributed by atoms with Crippen molar-refractivity contribution in [2.75, 3.05) is 31.1 Å². The van der Waals surface area contributed by atoms with Crippen molar-refractivity contribution >= 4 is 17.3 Å². The van der Waals surface area contributed by atoms with Crippen LogP contribution in [0.4, 0.5) is 10.1 Å². The van der Waals surface area contributed by atoms with Crippen LogP contribution in [0.5, 0.6) is 0 Å². The molecule has 4 rings (SSSR count). The number of benzene rings is 2. The second-order valence-corrected chi connectivity index (χ2v) is 6.61. The lowest BCUT2D eigenvalue weighted by molar-refractivity contribution is 0.215. The van der Waals surface area contributed by atoms with Gasteiger partial charge in [0, 0.05) is 31.7 Å². The average molecular weight is 373 g/mol. The molecule has 1 aliphatic heterocycles. The monoisotopic (exact) mass is 372 g/mol. The minimum atomic E-state index is -0.178. The Morgan fingerprint density at radius 2 is 1.73 bits per heavy atom. The number of halogens is 2. The summed E-state index contributed by atoms with van der Waals surface area (Å²) in [6.45, 7) is 3.69. The van der Waals surface area contributed by atoms with Crippen LogP contribution in [0.3, 0.4) is 0 Å². The number of piperazine rings is 1. The van der Waals surface area contributed by atoms with Crippen LogP contribution < -0.4 is 4.90 Å². The maximum Gasteiger partial charge on any atom is 0.241 e. The number of nitrogens with zero attached hydrogens (tertiary/aromatic N) is 4. The summed E-state index contributed by atoms with van der Waals surface area (Å²) >= 11 is 6.18. The molecule has 0 aliphatic carbocycles. The molecule has 0 unspecified atom stereocenters. The van der Waals surface area contributed by atoms with E-state index in [-0.39, 0.29) is 5.82 Å². The van der Waals surface area contributed by atoms with Gasteiger partial charge in [0.25, 0.3) is 0 Å². The van der Waals surface area contributed by atoms with Gasteiger partial charge in [-0.2, -0.15) is 4.98 Å². The average Bonchev–Trinajstić information content (AvgIpc) is 3.11. The molecule has 0 radical (unpaired) electrons. The third-order valence-electron chi connectivity index (χ3n) is 4.51. The van der Waals surface area contributed by atoms with E-state index >= 15 is 0 Å². The summed E-state index contributed by atoms with van der Waals surface area (Å²) in [6.07, 6.45) is 0. The summed E-state index contributed by atoms with van der Waals surface area (Å²) in [6, 6.07) is 14.3. The smallest absolute Gasteiger partial charge is 0.241 e. The van der Waals surface area contributed by atoms with Gasteiger partial charge in [0.2, 0.25) is 11.7 Å². The van der Waals surface area contributed by atoms with Gasteiger partial charge in [-0.15, -0.1) is 0 Å². The highest BCUT2D eigenvalue weighted by Gasteiger charge is 2.21. The molecule has 1 saturated heterocycles. The highest BCUT2D eigenvalue weighted by atomic mass is 35.5. The molecule has 2 aromatic carbocycles. The SMILES string of the molecule is Fc1ccccc1N1CCN(Cc2nc(-c3ccccc3Cl)no2)CC1. The maximum absolute atomic E-state index is 13.9. The maximum atomic E-state index is 13.9. The minimum Gasteiger partial charge on any atom is -0.367 e. The van der Waals surface area contributed by atoms with Crippen molar-refractivity contribution in [3.8, 4) is 11.4 Å². The van der Waals surface area contributed by atoms with Crippen molar-refractivity contribution in [3.63, 3.8) is 0 Å². The van der Waals surface area contributed by atoms with E-state index in [0.29, 0.717) is 29.0 Å². The summed E-state index contributed by atoms with van der Waals surface area (Å²) in [7, 11) is 0. The van der Waals surface area contributed by atoms with E-state index in [4.69, 9.17) is 16.1 Å². The molecule has 0 spiro atoms.